The van der Waals surface area contributed by atoms with Crippen molar-refractivity contribution in [2.45, 2.75) is 0 Å². The van der Waals surface area contributed by atoms with Crippen LogP contribution in [-0.4, -0.2) is 17.1 Å². The zero-order valence-corrected chi connectivity index (χ0v) is 8.23. The molecule has 1 N–H and O–H groups in total. The normalized spacial score (nSPS) is 9.93. The molecule has 0 aliphatic rings. The molecule has 2 aromatic rings. The number of ether oxygens (including phenoxy) is 1. The van der Waals surface area contributed by atoms with Gasteiger partial charge in [-0.15, -0.1) is 0 Å². The van der Waals surface area contributed by atoms with Gasteiger partial charge in [-0.3, -0.25) is 9.78 Å². The predicted molar refractivity (Wildman–Crippen MR) is 56.8 cm³/mol. The number of hydrogen-bond acceptors (Lipinski definition) is 3. The average molecular weight is 202 g/mol. The zero-order valence-electron chi connectivity index (χ0n) is 8.23. The second-order valence-corrected chi connectivity index (χ2v) is 3.04. The van der Waals surface area contributed by atoms with Gasteiger partial charge in [0.1, 0.15) is 5.75 Å². The van der Waals surface area contributed by atoms with E-state index < -0.39 is 0 Å². The van der Waals surface area contributed by atoms with Crippen LogP contribution in [0.25, 0.3) is 11.3 Å². The molecule has 1 heterocycles. The molecule has 0 saturated heterocycles. The molecule has 0 fully saturated rings. The molecule has 76 valence electrons. The van der Waals surface area contributed by atoms with E-state index in [0.29, 0.717) is 5.69 Å². The minimum Gasteiger partial charge on any atom is -0.497 e. The summed E-state index contributed by atoms with van der Waals surface area (Å²) in [6.45, 7) is 0. The molecule has 0 atom stereocenters. The molecule has 15 heavy (non-hydrogen) atoms. The van der Waals surface area contributed by atoms with Crippen LogP contribution in [-0.2, 0) is 0 Å². The Hall–Kier alpha value is -2.10. The first kappa shape index (κ1) is 9.45. The third kappa shape index (κ3) is 2.04. The van der Waals surface area contributed by atoms with Crippen molar-refractivity contribution in [3.05, 3.63) is 47.0 Å². The fraction of sp³-hybridized carbons (Fsp3) is 0.0909. The predicted octanol–water partition coefficient (Wildman–Crippen LogP) is 1.45. The van der Waals surface area contributed by atoms with E-state index in [9.17, 15) is 4.79 Å². The summed E-state index contributed by atoms with van der Waals surface area (Å²) in [7, 11) is 1.61. The van der Waals surface area contributed by atoms with Crippen molar-refractivity contribution in [1.82, 2.24) is 9.97 Å². The van der Waals surface area contributed by atoms with Crippen LogP contribution in [0.15, 0.2) is 41.5 Å². The lowest BCUT2D eigenvalue weighted by atomic mass is 10.1. The summed E-state index contributed by atoms with van der Waals surface area (Å²) in [4.78, 5) is 17.6. The van der Waals surface area contributed by atoms with Crippen molar-refractivity contribution in [3.8, 4) is 17.0 Å². The maximum atomic E-state index is 11.0. The molecule has 0 aliphatic heterocycles. The number of H-pyrrole nitrogens is 1. The van der Waals surface area contributed by atoms with Crippen LogP contribution in [0.1, 0.15) is 0 Å². The number of benzene rings is 1. The van der Waals surface area contributed by atoms with Crippen molar-refractivity contribution in [2.75, 3.05) is 7.11 Å². The Morgan fingerprint density at radius 2 is 1.93 bits per heavy atom. The summed E-state index contributed by atoms with van der Waals surface area (Å²) in [6, 6.07) is 7.40. The van der Waals surface area contributed by atoms with Crippen LogP contribution in [0, 0.1) is 0 Å². The molecular weight excluding hydrogens is 192 g/mol. The summed E-state index contributed by atoms with van der Waals surface area (Å²) in [5.41, 5.74) is 1.40. The van der Waals surface area contributed by atoms with Gasteiger partial charge in [-0.05, 0) is 29.8 Å². The molecule has 4 nitrogen and oxygen atoms in total. The Bertz CT molecular complexity index is 502. The van der Waals surface area contributed by atoms with Gasteiger partial charge in [0.05, 0.1) is 25.2 Å². The number of methoxy groups -OCH3 is 1. The highest BCUT2D eigenvalue weighted by molar-refractivity contribution is 5.58. The molecule has 2 rings (SSSR count). The molecule has 0 aliphatic carbocycles. The van der Waals surface area contributed by atoms with Crippen molar-refractivity contribution in [3.63, 3.8) is 0 Å². The summed E-state index contributed by atoms with van der Waals surface area (Å²) in [5.74, 6) is 0.782. The number of rotatable bonds is 2. The first-order valence-corrected chi connectivity index (χ1v) is 4.48. The largest absolute Gasteiger partial charge is 0.497 e. The lowest BCUT2D eigenvalue weighted by Gasteiger charge is -2.02. The number of nitrogens with one attached hydrogen (secondary N) is 1. The molecule has 0 spiro atoms. The average Bonchev–Trinajstić information content (AvgIpc) is 2.29. The topological polar surface area (TPSA) is 55.0 Å². The van der Waals surface area contributed by atoms with Gasteiger partial charge in [0.25, 0.3) is 5.56 Å². The van der Waals surface area contributed by atoms with E-state index in [4.69, 9.17) is 4.74 Å². The first-order chi connectivity index (χ1) is 7.29. The van der Waals surface area contributed by atoms with E-state index in [0.717, 1.165) is 11.3 Å². The second kappa shape index (κ2) is 3.96. The SMILES string of the molecule is COc1ccc(-c2cncc(=O)[nH]2)cc1. The zero-order chi connectivity index (χ0) is 10.7. The lowest BCUT2D eigenvalue weighted by Crippen LogP contribution is -2.05. The highest BCUT2D eigenvalue weighted by Crippen LogP contribution is 2.18. The Kier molecular flexibility index (Phi) is 2.49. The molecule has 1 aromatic carbocycles. The lowest BCUT2D eigenvalue weighted by molar-refractivity contribution is 0.415. The highest BCUT2D eigenvalue weighted by atomic mass is 16.5. The van der Waals surface area contributed by atoms with Gasteiger partial charge in [0, 0.05) is 0 Å². The molecule has 0 saturated carbocycles. The molecule has 0 amide bonds. The van der Waals surface area contributed by atoms with Crippen LogP contribution >= 0.6 is 0 Å². The van der Waals surface area contributed by atoms with Crippen LogP contribution in [0.3, 0.4) is 0 Å². The van der Waals surface area contributed by atoms with Crippen molar-refractivity contribution >= 4 is 0 Å². The second-order valence-electron chi connectivity index (χ2n) is 3.04. The van der Waals surface area contributed by atoms with Crippen molar-refractivity contribution in [1.29, 1.82) is 0 Å². The summed E-state index contributed by atoms with van der Waals surface area (Å²) < 4.78 is 5.04. The maximum Gasteiger partial charge on any atom is 0.266 e. The molecule has 0 radical (unpaired) electrons. The van der Waals surface area contributed by atoms with Gasteiger partial charge in [0.15, 0.2) is 0 Å². The van der Waals surface area contributed by atoms with Crippen LogP contribution in [0.5, 0.6) is 5.75 Å². The van der Waals surface area contributed by atoms with E-state index >= 15 is 0 Å². The van der Waals surface area contributed by atoms with Crippen LogP contribution in [0.4, 0.5) is 0 Å². The van der Waals surface area contributed by atoms with E-state index in [1.165, 1.54) is 6.20 Å². The smallest absolute Gasteiger partial charge is 0.266 e. The monoisotopic (exact) mass is 202 g/mol. The molecule has 0 bridgehead atoms. The van der Waals surface area contributed by atoms with Gasteiger partial charge in [0.2, 0.25) is 0 Å². The van der Waals surface area contributed by atoms with Gasteiger partial charge in [-0.2, -0.15) is 0 Å². The minimum atomic E-state index is -0.205. The van der Waals surface area contributed by atoms with Gasteiger partial charge in [-0.25, -0.2) is 0 Å². The highest BCUT2D eigenvalue weighted by Gasteiger charge is 1.98. The van der Waals surface area contributed by atoms with E-state index in [-0.39, 0.29) is 5.56 Å². The maximum absolute atomic E-state index is 11.0. The Labute approximate surface area is 86.6 Å². The Morgan fingerprint density at radius 1 is 1.20 bits per heavy atom. The van der Waals surface area contributed by atoms with E-state index in [1.807, 2.05) is 24.3 Å². The number of aromatic nitrogens is 2. The van der Waals surface area contributed by atoms with Gasteiger partial charge < -0.3 is 9.72 Å². The molecule has 0 unspecified atom stereocenters. The fourth-order valence-corrected chi connectivity index (χ4v) is 1.29. The fourth-order valence-electron chi connectivity index (χ4n) is 1.29. The minimum absolute atomic E-state index is 0.205. The number of hydrogen-bond donors (Lipinski definition) is 1. The Morgan fingerprint density at radius 3 is 2.53 bits per heavy atom. The van der Waals surface area contributed by atoms with Crippen LogP contribution < -0.4 is 10.3 Å². The molecule has 1 aromatic heterocycles. The van der Waals surface area contributed by atoms with Crippen LogP contribution in [0.2, 0.25) is 0 Å². The quantitative estimate of drug-likeness (QED) is 0.801. The third-order valence-electron chi connectivity index (χ3n) is 2.05. The molecule has 4 heteroatoms. The number of aromatic amines is 1. The third-order valence-corrected chi connectivity index (χ3v) is 2.05. The summed E-state index contributed by atoms with van der Waals surface area (Å²) in [5, 5.41) is 0. The van der Waals surface area contributed by atoms with Gasteiger partial charge >= 0.3 is 0 Å². The summed E-state index contributed by atoms with van der Waals surface area (Å²) >= 11 is 0. The Balaban J connectivity index is 2.41. The van der Waals surface area contributed by atoms with Crippen molar-refractivity contribution < 1.29 is 4.74 Å². The standard InChI is InChI=1S/C11H10N2O2/c1-15-9-4-2-8(3-5-9)10-6-12-7-11(14)13-10/h2-7H,1H3,(H,13,14). The number of nitrogens with zero attached hydrogens (tertiary/aromatic N) is 1. The van der Waals surface area contributed by atoms with E-state index in [1.54, 1.807) is 13.3 Å². The molecular formula is C11H10N2O2. The van der Waals surface area contributed by atoms with E-state index in [2.05, 4.69) is 9.97 Å². The van der Waals surface area contributed by atoms with Gasteiger partial charge in [-0.1, -0.05) is 0 Å². The summed E-state index contributed by atoms with van der Waals surface area (Å²) in [6.07, 6.45) is 2.86. The van der Waals surface area contributed by atoms with Crippen molar-refractivity contribution in [2.24, 2.45) is 0 Å². The first-order valence-electron chi connectivity index (χ1n) is 4.48.